The molecule has 0 aromatic heterocycles. The van der Waals surface area contributed by atoms with E-state index in [1.807, 2.05) is 58.0 Å². The summed E-state index contributed by atoms with van der Waals surface area (Å²) in [4.78, 5) is 36.0. The van der Waals surface area contributed by atoms with E-state index in [9.17, 15) is 14.4 Å². The van der Waals surface area contributed by atoms with Crippen molar-refractivity contribution in [2.75, 3.05) is 17.2 Å². The molecule has 0 heterocycles. The first-order chi connectivity index (χ1) is 14.2. The van der Waals surface area contributed by atoms with Gasteiger partial charge in [0.05, 0.1) is 0 Å². The first kappa shape index (κ1) is 23.6. The summed E-state index contributed by atoms with van der Waals surface area (Å²) < 4.78 is 5.98. The highest BCUT2D eigenvalue weighted by atomic mass is 79.9. The van der Waals surface area contributed by atoms with E-state index in [0.29, 0.717) is 12.1 Å². The number of carbonyl (C=O) groups excluding carboxylic acids is 3. The van der Waals surface area contributed by atoms with Gasteiger partial charge in [-0.3, -0.25) is 14.4 Å². The molecule has 2 N–H and O–H groups in total. The summed E-state index contributed by atoms with van der Waals surface area (Å²) in [6.45, 7) is 7.34. The number of halogens is 1. The van der Waals surface area contributed by atoms with Crippen molar-refractivity contribution in [2.24, 2.45) is 0 Å². The Morgan fingerprint density at radius 3 is 2.23 bits per heavy atom. The number of ether oxygens (including phenoxy) is 1. The van der Waals surface area contributed by atoms with Crippen molar-refractivity contribution in [3.8, 4) is 0 Å². The van der Waals surface area contributed by atoms with Gasteiger partial charge in [-0.15, -0.1) is 0 Å². The zero-order valence-corrected chi connectivity index (χ0v) is 19.3. The van der Waals surface area contributed by atoms with Crippen LogP contribution in [0.5, 0.6) is 0 Å². The van der Waals surface area contributed by atoms with Crippen LogP contribution in [0.2, 0.25) is 0 Å². The van der Waals surface area contributed by atoms with Crippen molar-refractivity contribution in [1.82, 2.24) is 0 Å². The standard InChI is InChI=1S/C23H27BrN2O4/c1-14-8-9-15(2)19(10-14)25-21(27)6-5-7-23(29)30-13-22(28)26-20-12-16(3)18(24)11-17(20)4/h8-12H,5-7,13H2,1-4H3,(H,25,27)(H,26,28). The Labute approximate surface area is 185 Å². The second kappa shape index (κ2) is 10.9. The molecular formula is C23H27BrN2O4. The molecule has 160 valence electrons. The number of hydrogen-bond donors (Lipinski definition) is 2. The highest BCUT2D eigenvalue weighted by Gasteiger charge is 2.12. The number of nitrogens with one attached hydrogen (secondary N) is 2. The average Bonchev–Trinajstić information content (AvgIpc) is 2.67. The molecule has 6 nitrogen and oxygen atoms in total. The molecule has 30 heavy (non-hydrogen) atoms. The minimum Gasteiger partial charge on any atom is -0.456 e. The molecule has 2 aromatic carbocycles. The smallest absolute Gasteiger partial charge is 0.306 e. The maximum atomic E-state index is 12.1. The van der Waals surface area contributed by atoms with E-state index >= 15 is 0 Å². The number of amides is 2. The lowest BCUT2D eigenvalue weighted by atomic mass is 10.1. The van der Waals surface area contributed by atoms with Gasteiger partial charge in [-0.25, -0.2) is 0 Å². The van der Waals surface area contributed by atoms with Crippen LogP contribution in [0.3, 0.4) is 0 Å². The second-order valence-electron chi connectivity index (χ2n) is 7.35. The summed E-state index contributed by atoms with van der Waals surface area (Å²) in [7, 11) is 0. The van der Waals surface area contributed by atoms with Gasteiger partial charge in [0.2, 0.25) is 5.91 Å². The average molecular weight is 475 g/mol. The maximum absolute atomic E-state index is 12.1. The molecule has 0 spiro atoms. The molecule has 0 unspecified atom stereocenters. The predicted octanol–water partition coefficient (Wildman–Crippen LogP) is 4.97. The molecule has 0 aliphatic carbocycles. The highest BCUT2D eigenvalue weighted by Crippen LogP contribution is 2.24. The number of anilines is 2. The van der Waals surface area contributed by atoms with E-state index in [4.69, 9.17) is 4.74 Å². The van der Waals surface area contributed by atoms with Gasteiger partial charge in [0, 0.05) is 28.7 Å². The largest absolute Gasteiger partial charge is 0.456 e. The topological polar surface area (TPSA) is 84.5 Å². The van der Waals surface area contributed by atoms with Gasteiger partial charge in [-0.1, -0.05) is 28.1 Å². The Kier molecular flexibility index (Phi) is 8.59. The summed E-state index contributed by atoms with van der Waals surface area (Å²) >= 11 is 3.44. The lowest BCUT2D eigenvalue weighted by molar-refractivity contribution is -0.147. The molecule has 0 atom stereocenters. The van der Waals surface area contributed by atoms with Gasteiger partial charge >= 0.3 is 5.97 Å². The number of benzene rings is 2. The zero-order valence-electron chi connectivity index (χ0n) is 17.7. The van der Waals surface area contributed by atoms with Gasteiger partial charge in [0.25, 0.3) is 5.91 Å². The molecule has 0 fully saturated rings. The number of rotatable bonds is 8. The maximum Gasteiger partial charge on any atom is 0.306 e. The van der Waals surface area contributed by atoms with Crippen LogP contribution < -0.4 is 10.6 Å². The normalized spacial score (nSPS) is 10.4. The summed E-state index contributed by atoms with van der Waals surface area (Å²) in [6, 6.07) is 9.61. The fourth-order valence-electron chi connectivity index (χ4n) is 2.80. The molecule has 0 saturated heterocycles. The first-order valence-electron chi connectivity index (χ1n) is 9.75. The van der Waals surface area contributed by atoms with Crippen LogP contribution in [0, 0.1) is 27.7 Å². The van der Waals surface area contributed by atoms with Crippen molar-refractivity contribution >= 4 is 45.1 Å². The molecule has 2 rings (SSSR count). The van der Waals surface area contributed by atoms with Crippen LogP contribution >= 0.6 is 15.9 Å². The van der Waals surface area contributed by atoms with Crippen molar-refractivity contribution < 1.29 is 19.1 Å². The van der Waals surface area contributed by atoms with E-state index in [1.165, 1.54) is 0 Å². The Bertz CT molecular complexity index is 956. The van der Waals surface area contributed by atoms with Gasteiger partial charge in [-0.05, 0) is 74.6 Å². The summed E-state index contributed by atoms with van der Waals surface area (Å²) in [5, 5.41) is 5.60. The van der Waals surface area contributed by atoms with Gasteiger partial charge in [0.1, 0.15) is 0 Å². The summed E-state index contributed by atoms with van der Waals surface area (Å²) in [5.41, 5.74) is 5.40. The quantitative estimate of drug-likeness (QED) is 0.528. The summed E-state index contributed by atoms with van der Waals surface area (Å²) in [5.74, 6) is -1.07. The Hall–Kier alpha value is -2.67. The van der Waals surface area contributed by atoms with Gasteiger partial charge in [0.15, 0.2) is 6.61 Å². The molecule has 2 amide bonds. The molecule has 0 saturated carbocycles. The van der Waals surface area contributed by atoms with E-state index < -0.39 is 11.9 Å². The SMILES string of the molecule is Cc1ccc(C)c(NC(=O)CCCC(=O)OCC(=O)Nc2cc(C)c(Br)cc2C)c1. The molecule has 7 heteroatoms. The van der Waals surface area contributed by atoms with Gasteiger partial charge < -0.3 is 15.4 Å². The van der Waals surface area contributed by atoms with Crippen LogP contribution in [0.15, 0.2) is 34.8 Å². The molecular weight excluding hydrogens is 448 g/mol. The second-order valence-corrected chi connectivity index (χ2v) is 8.20. The first-order valence-corrected chi connectivity index (χ1v) is 10.5. The van der Waals surface area contributed by atoms with E-state index in [2.05, 4.69) is 26.6 Å². The molecule has 0 aliphatic rings. The Morgan fingerprint density at radius 2 is 1.50 bits per heavy atom. The van der Waals surface area contributed by atoms with E-state index in [1.54, 1.807) is 0 Å². The Balaban J connectivity index is 1.71. The molecule has 0 bridgehead atoms. The monoisotopic (exact) mass is 474 g/mol. The lowest BCUT2D eigenvalue weighted by Crippen LogP contribution is -2.21. The molecule has 0 aliphatic heterocycles. The zero-order chi connectivity index (χ0) is 22.3. The summed E-state index contributed by atoms with van der Waals surface area (Å²) in [6.07, 6.45) is 0.623. The van der Waals surface area contributed by atoms with Crippen LogP contribution in [0.25, 0.3) is 0 Å². The highest BCUT2D eigenvalue weighted by molar-refractivity contribution is 9.10. The van der Waals surface area contributed by atoms with Crippen LogP contribution in [-0.2, 0) is 19.1 Å². The van der Waals surface area contributed by atoms with Crippen molar-refractivity contribution in [3.05, 3.63) is 57.1 Å². The van der Waals surface area contributed by atoms with Crippen LogP contribution in [0.1, 0.15) is 41.5 Å². The number of hydrogen-bond acceptors (Lipinski definition) is 4. The minimum atomic E-state index is -0.506. The number of aryl methyl sites for hydroxylation is 4. The fraction of sp³-hybridized carbons (Fsp3) is 0.348. The third-order valence-corrected chi connectivity index (χ3v) is 5.45. The fourth-order valence-corrected chi connectivity index (χ4v) is 3.25. The van der Waals surface area contributed by atoms with Crippen molar-refractivity contribution in [3.63, 3.8) is 0 Å². The molecule has 2 aromatic rings. The van der Waals surface area contributed by atoms with Gasteiger partial charge in [-0.2, -0.15) is 0 Å². The number of carbonyl (C=O) groups is 3. The Morgan fingerprint density at radius 1 is 0.833 bits per heavy atom. The van der Waals surface area contributed by atoms with Crippen LogP contribution in [0.4, 0.5) is 11.4 Å². The third kappa shape index (κ3) is 7.30. The van der Waals surface area contributed by atoms with E-state index in [-0.39, 0.29) is 25.4 Å². The minimum absolute atomic E-state index is 0.0733. The van der Waals surface area contributed by atoms with E-state index in [0.717, 1.165) is 32.4 Å². The van der Waals surface area contributed by atoms with Crippen molar-refractivity contribution in [2.45, 2.75) is 47.0 Å². The number of esters is 1. The van der Waals surface area contributed by atoms with Crippen LogP contribution in [-0.4, -0.2) is 24.4 Å². The predicted molar refractivity (Wildman–Crippen MR) is 122 cm³/mol. The third-order valence-electron chi connectivity index (χ3n) is 4.60. The lowest BCUT2D eigenvalue weighted by Gasteiger charge is -2.11. The molecule has 0 radical (unpaired) electrons. The van der Waals surface area contributed by atoms with Crippen molar-refractivity contribution in [1.29, 1.82) is 0 Å².